The van der Waals surface area contributed by atoms with Gasteiger partial charge in [0.2, 0.25) is 41.9 Å². The van der Waals surface area contributed by atoms with Crippen molar-refractivity contribution in [3.05, 3.63) is 144 Å². The number of aliphatic hydroxyl groups excluding tert-OH is 4. The van der Waals surface area contributed by atoms with Gasteiger partial charge < -0.3 is 58.1 Å². The molecule has 0 aliphatic heterocycles. The molecule has 115 heavy (non-hydrogen) atoms. The molecule has 9 heterocycles. The Bertz CT molecular complexity index is 5440. The number of thiophene rings is 2. The van der Waals surface area contributed by atoms with E-state index in [0.717, 1.165) is 180 Å². The van der Waals surface area contributed by atoms with Crippen LogP contribution >= 0.6 is 79.3 Å². The Kier molecular flexibility index (Phi) is 29.6. The molecule has 0 saturated heterocycles. The summed E-state index contributed by atoms with van der Waals surface area (Å²) in [4.78, 5) is 64.6. The minimum atomic E-state index is -3.56. The summed E-state index contributed by atoms with van der Waals surface area (Å²) in [5.74, 6) is 3.69. The molecule has 12 aromatic rings. The number of fused-ring (bicyclic) bond motifs is 3. The van der Waals surface area contributed by atoms with Gasteiger partial charge in [0.15, 0.2) is 5.78 Å². The van der Waals surface area contributed by atoms with Gasteiger partial charge in [0.1, 0.15) is 38.3 Å². The molecule has 0 amide bonds. The number of Topliss-reactive ketones (excluding diaryl/α,β-unsaturated/α-hetero) is 1. The molecule has 0 unspecified atom stereocenters. The van der Waals surface area contributed by atoms with Crippen molar-refractivity contribution < 1.29 is 42.1 Å². The second-order valence-corrected chi connectivity index (χ2v) is 38.7. The Morgan fingerprint density at radius 1 is 0.435 bits per heavy atom. The maximum atomic E-state index is 12.3. The van der Waals surface area contributed by atoms with Crippen molar-refractivity contribution in [3.8, 4) is 31.7 Å². The average Bonchev–Trinajstić information content (AvgIpc) is 1.60. The van der Waals surface area contributed by atoms with Crippen LogP contribution in [-0.4, -0.2) is 165 Å². The predicted molar refractivity (Wildman–Crippen MR) is 472 cm³/mol. The first-order valence-electron chi connectivity index (χ1n) is 38.5. The van der Waals surface area contributed by atoms with Crippen LogP contribution in [0.1, 0.15) is 143 Å². The standard InChI is InChI=1S/C22H23N5OS2.C22H21N5OS2.C18H20N4O3S2.C11H16IN3O3S.C5H11NO.C2H6/c2*1-13-19(21-26-16-7-2-3-10-18(16)30-21)20(25-15-8-4-9-17(15)28)27-22(24-13)23-12-14-6-5-11-29-14;1-10-15(17-21-12-6-3-4-9-14(12)26-17)16(20-11-7-5-8-13(11)23)22-18(19-10)27(2,24)25;1-6-9(12)10(14-7-4-3-5-8(7)16)15-11(13-6)19(2,17)18;6-4-2-1-3-5(4)7;1-2/h2-3,5-7,10-11,15,17,28H,4,8-9,12H2,1H3,(H2,23,24,25,27);2-3,5-7,10-11,15H,4,8-9,12H2,1H3,(H2,23,24,25,27);3-4,6,9,11,13,23H,5,7-8H2,1-2H3,(H,19,20,22);7-8,16H,3-5H2,1-2H3,(H,13,14,15);4-5,7H,1-3,6H2;1-2H3/t15-,17-;15-;11-,13-;7-,8-;4-,5-;/m11111./s1. The van der Waals surface area contributed by atoms with Crippen LogP contribution in [0.3, 0.4) is 0 Å². The number of rotatable bonds is 19. The summed E-state index contributed by atoms with van der Waals surface area (Å²) in [6, 6.07) is 31.9. The number of hydrogen-bond donors (Lipinski definition) is 11. The number of halogens is 1. The van der Waals surface area contributed by atoms with Gasteiger partial charge in [0.05, 0.1) is 135 Å². The molecule has 5 aliphatic rings. The first-order valence-corrected chi connectivity index (χ1v) is 47.6. The molecule has 3 aromatic carbocycles. The lowest BCUT2D eigenvalue weighted by Gasteiger charge is -2.20. The maximum Gasteiger partial charge on any atom is 0.249 e. The number of aliphatic hydroxyl groups is 4. The Hall–Kier alpha value is -8.05. The second-order valence-electron chi connectivity index (χ2n) is 28.6. The largest absolute Gasteiger partial charge is 0.392 e. The van der Waals surface area contributed by atoms with Crippen molar-refractivity contribution in [2.45, 2.75) is 216 Å². The molecule has 9 aromatic heterocycles. The highest BCUT2D eigenvalue weighted by Gasteiger charge is 2.33. The normalized spacial score (nSPS) is 20.4. The number of thiazole rings is 3. The molecule has 0 spiro atoms. The second kappa shape index (κ2) is 39.5. The number of benzene rings is 3. The van der Waals surface area contributed by atoms with Gasteiger partial charge in [-0.25, -0.2) is 56.7 Å². The Labute approximate surface area is 703 Å². The van der Waals surface area contributed by atoms with Crippen LogP contribution in [0.5, 0.6) is 0 Å². The van der Waals surface area contributed by atoms with Crippen molar-refractivity contribution in [1.29, 1.82) is 0 Å². The fraction of sp³-hybridized carbons (Fsp3) is 0.425. The van der Waals surface area contributed by atoms with E-state index in [0.29, 0.717) is 65.8 Å². The highest BCUT2D eigenvalue weighted by atomic mass is 127. The highest BCUT2D eigenvalue weighted by molar-refractivity contribution is 14.1. The zero-order chi connectivity index (χ0) is 81.7. The number of nitrogens with two attached hydrogens (primary N) is 1. The zero-order valence-electron chi connectivity index (χ0n) is 65.2. The average molecular weight is 1810 g/mol. The molecule has 610 valence electrons. The number of ketones is 1. The lowest BCUT2D eigenvalue weighted by molar-refractivity contribution is -0.118. The number of para-hydroxylation sites is 3. The lowest BCUT2D eigenvalue weighted by Crippen LogP contribution is -2.29. The number of nitrogens with zero attached hydrogens (tertiary/aromatic N) is 11. The fourth-order valence-corrected chi connectivity index (χ4v) is 19.9. The van der Waals surface area contributed by atoms with Gasteiger partial charge >= 0.3 is 0 Å². The monoisotopic (exact) mass is 1800 g/mol. The summed E-state index contributed by atoms with van der Waals surface area (Å²) in [7, 11) is -7.00. The number of aromatic nitrogens is 11. The van der Waals surface area contributed by atoms with E-state index in [1.165, 1.54) is 21.1 Å². The topological polar surface area (TPSA) is 406 Å². The van der Waals surface area contributed by atoms with E-state index in [1.54, 1.807) is 59.2 Å². The van der Waals surface area contributed by atoms with Crippen LogP contribution in [-0.2, 0) is 37.6 Å². The summed E-state index contributed by atoms with van der Waals surface area (Å²) in [5, 5.41) is 65.4. The SMILES string of the molecule is CC.Cc1nc(NCc2cccs2)nc(N[C@@H]2CCCC2=O)c1-c1nc2ccccc2s1.Cc1nc(NCc2cccs2)nc(N[C@@H]2CCC[C@H]2O)c1-c1nc2ccccc2s1.Cc1nc(S(C)(=O)=O)nc(N[C@@H]2CCC[C@H]2O)c1-c1nc2ccccc2s1.Cc1nc(S(C)(=O)=O)nc(N[C@@H]2CCC[C@H]2O)c1I.N[C@@H]1CCC[C@H]1O. The van der Waals surface area contributed by atoms with Crippen molar-refractivity contribution in [1.82, 2.24) is 54.8 Å². The van der Waals surface area contributed by atoms with Crippen molar-refractivity contribution >= 4 is 171 Å². The smallest absolute Gasteiger partial charge is 0.249 e. The molecule has 17 rings (SSSR count). The minimum Gasteiger partial charge on any atom is -0.392 e. The van der Waals surface area contributed by atoms with E-state index < -0.39 is 31.9 Å². The van der Waals surface area contributed by atoms with Gasteiger partial charge in [-0.1, -0.05) is 62.4 Å². The van der Waals surface area contributed by atoms with E-state index in [4.69, 9.17) is 40.7 Å². The third kappa shape index (κ3) is 22.2. The first kappa shape index (κ1) is 86.3. The number of aryl methyl sites for hydroxylation is 4. The molecule has 0 radical (unpaired) electrons. The van der Waals surface area contributed by atoms with E-state index in [-0.39, 0.29) is 58.5 Å². The molecule has 0 bridgehead atoms. The number of carbonyl (C=O) groups excluding carboxylic acids is 1. The van der Waals surface area contributed by atoms with Crippen LogP contribution in [0, 0.1) is 31.3 Å². The molecule has 35 heteroatoms. The van der Waals surface area contributed by atoms with Crippen LogP contribution in [0.15, 0.2) is 118 Å². The number of hydrogen-bond acceptors (Lipinski definition) is 32. The van der Waals surface area contributed by atoms with Crippen molar-refractivity contribution in [3.63, 3.8) is 0 Å². The van der Waals surface area contributed by atoms with Crippen molar-refractivity contribution in [2.24, 2.45) is 5.73 Å². The molecule has 5 saturated carbocycles. The van der Waals surface area contributed by atoms with Gasteiger partial charge in [0, 0.05) is 34.7 Å². The van der Waals surface area contributed by atoms with Crippen LogP contribution in [0.25, 0.3) is 62.4 Å². The van der Waals surface area contributed by atoms with Gasteiger partial charge in [-0.3, -0.25) is 4.79 Å². The van der Waals surface area contributed by atoms with E-state index in [1.807, 2.05) is 100 Å². The number of nitrogens with one attached hydrogen (secondary N) is 6. The maximum absolute atomic E-state index is 12.3. The Morgan fingerprint density at radius 2 is 0.809 bits per heavy atom. The fourth-order valence-electron chi connectivity index (χ4n) is 13.9. The van der Waals surface area contributed by atoms with Gasteiger partial charge in [-0.2, -0.15) is 15.0 Å². The number of sulfone groups is 2. The molecule has 5 fully saturated rings. The summed E-state index contributed by atoms with van der Waals surface area (Å²) >= 11 is 10.2. The van der Waals surface area contributed by atoms with Gasteiger partial charge in [-0.05, 0) is 199 Å². The minimum absolute atomic E-state index is 0.00225. The van der Waals surface area contributed by atoms with E-state index >= 15 is 0 Å². The Balaban J connectivity index is 0.000000138. The molecular weight excluding hydrogens is 1710 g/mol. The quantitative estimate of drug-likeness (QED) is 0.0264. The molecule has 12 N–H and O–H groups in total. The highest BCUT2D eigenvalue weighted by Crippen LogP contribution is 2.42. The van der Waals surface area contributed by atoms with Gasteiger partial charge in [0.25, 0.3) is 0 Å². The summed E-state index contributed by atoms with van der Waals surface area (Å²) in [6.45, 7) is 12.8. The van der Waals surface area contributed by atoms with Crippen LogP contribution in [0.4, 0.5) is 35.2 Å². The first-order chi connectivity index (χ1) is 55.3. The van der Waals surface area contributed by atoms with Crippen molar-refractivity contribution in [2.75, 3.05) is 44.4 Å². The number of anilines is 6. The Morgan fingerprint density at radius 3 is 1.16 bits per heavy atom. The molecule has 9 atom stereocenters. The number of carbonyl (C=O) groups is 1. The summed E-state index contributed by atoms with van der Waals surface area (Å²) < 4.78 is 51.2. The third-order valence-corrected chi connectivity index (χ3v) is 27.9. The third-order valence-electron chi connectivity index (χ3n) is 20.0. The van der Waals surface area contributed by atoms with Crippen LogP contribution < -0.4 is 37.6 Å². The summed E-state index contributed by atoms with van der Waals surface area (Å²) in [5.41, 5.74) is 13.6. The lowest BCUT2D eigenvalue weighted by atomic mass is 10.1. The molecule has 5 aliphatic carbocycles. The molecule has 27 nitrogen and oxygen atoms in total. The predicted octanol–water partition coefficient (Wildman–Crippen LogP) is 15.1. The zero-order valence-corrected chi connectivity index (χ0v) is 73.0. The molecular formula is C80H97IN18O9S7. The summed E-state index contributed by atoms with van der Waals surface area (Å²) in [6.07, 6.45) is 13.9. The van der Waals surface area contributed by atoms with Crippen LogP contribution in [0.2, 0.25) is 0 Å². The van der Waals surface area contributed by atoms with E-state index in [2.05, 4.69) is 114 Å². The van der Waals surface area contributed by atoms with Gasteiger partial charge in [-0.15, -0.1) is 56.7 Å². The van der Waals surface area contributed by atoms with E-state index in [9.17, 15) is 36.9 Å².